The van der Waals surface area contributed by atoms with Crippen LogP contribution >= 0.6 is 0 Å². The molecule has 4 aromatic rings. The van der Waals surface area contributed by atoms with E-state index in [0.717, 1.165) is 36.3 Å². The normalized spacial score (nSPS) is 13.2. The van der Waals surface area contributed by atoms with Gasteiger partial charge in [-0.1, -0.05) is 0 Å². The van der Waals surface area contributed by atoms with Crippen molar-refractivity contribution in [1.82, 2.24) is 34.3 Å². The Morgan fingerprint density at radius 2 is 2.07 bits per heavy atom. The Morgan fingerprint density at radius 1 is 1.20 bits per heavy atom. The minimum atomic E-state index is -0.272. The van der Waals surface area contributed by atoms with Crippen LogP contribution in [0.5, 0.6) is 0 Å². The third-order valence-corrected chi connectivity index (χ3v) is 5.56. The largest absolute Gasteiger partial charge is 0.467 e. The Balaban J connectivity index is 1.51. The van der Waals surface area contributed by atoms with E-state index in [2.05, 4.69) is 20.2 Å². The van der Waals surface area contributed by atoms with E-state index in [1.165, 1.54) is 11.3 Å². The molecule has 4 heterocycles. The maximum atomic E-state index is 13.4. The molecule has 9 heteroatoms. The quantitative estimate of drug-likeness (QED) is 0.506. The highest BCUT2D eigenvalue weighted by molar-refractivity contribution is 5.90. The fourth-order valence-corrected chi connectivity index (χ4v) is 4.19. The van der Waals surface area contributed by atoms with Gasteiger partial charge in [0.2, 0.25) is 5.82 Å². The fraction of sp³-hybridized carbons (Fsp3) is 0.381. The minimum absolute atomic E-state index is 0.121. The molecule has 30 heavy (non-hydrogen) atoms. The number of rotatable bonds is 5. The van der Waals surface area contributed by atoms with Crippen molar-refractivity contribution < 1.29 is 9.21 Å². The summed E-state index contributed by atoms with van der Waals surface area (Å²) in [4.78, 5) is 23.9. The zero-order chi connectivity index (χ0) is 20.8. The van der Waals surface area contributed by atoms with Crippen molar-refractivity contribution in [3.05, 3.63) is 64.4 Å². The molecule has 9 nitrogen and oxygen atoms in total. The monoisotopic (exact) mass is 405 g/mol. The van der Waals surface area contributed by atoms with E-state index in [9.17, 15) is 4.79 Å². The summed E-state index contributed by atoms with van der Waals surface area (Å²) >= 11 is 0. The first-order valence-corrected chi connectivity index (χ1v) is 10.1. The van der Waals surface area contributed by atoms with E-state index in [1.807, 2.05) is 43.8 Å². The van der Waals surface area contributed by atoms with E-state index in [-0.39, 0.29) is 11.7 Å². The van der Waals surface area contributed by atoms with Crippen LogP contribution in [0.4, 0.5) is 0 Å². The Bertz CT molecular complexity index is 1240. The van der Waals surface area contributed by atoms with Crippen molar-refractivity contribution in [2.45, 2.75) is 46.2 Å². The first-order chi connectivity index (χ1) is 14.5. The maximum absolute atomic E-state index is 13.4. The first-order valence-electron chi connectivity index (χ1n) is 10.1. The second-order valence-corrected chi connectivity index (χ2v) is 7.78. The maximum Gasteiger partial charge on any atom is 0.294 e. The molecule has 1 aliphatic carbocycles. The van der Waals surface area contributed by atoms with Crippen LogP contribution in [-0.2, 0) is 33.0 Å². The number of nitrogens with zero attached hydrogens (tertiary/aromatic N) is 7. The Morgan fingerprint density at radius 3 is 2.87 bits per heavy atom. The van der Waals surface area contributed by atoms with Gasteiger partial charge < -0.3 is 9.32 Å². The van der Waals surface area contributed by atoms with Gasteiger partial charge in [-0.3, -0.25) is 9.48 Å². The van der Waals surface area contributed by atoms with Gasteiger partial charge in [-0.2, -0.15) is 10.1 Å². The molecule has 0 radical (unpaired) electrons. The van der Waals surface area contributed by atoms with E-state index in [4.69, 9.17) is 4.42 Å². The fourth-order valence-electron chi connectivity index (χ4n) is 4.19. The SMILES string of the molecule is Cc1cc(C)n2nc(C(=O)N(Cc3ccco3)Cc3nn(C)c4c3CCC4)nc2n1. The van der Waals surface area contributed by atoms with Crippen LogP contribution in [-0.4, -0.2) is 40.2 Å². The summed E-state index contributed by atoms with van der Waals surface area (Å²) in [5.74, 6) is 0.971. The van der Waals surface area contributed by atoms with E-state index in [1.54, 1.807) is 15.7 Å². The van der Waals surface area contributed by atoms with Crippen molar-refractivity contribution in [1.29, 1.82) is 0 Å². The smallest absolute Gasteiger partial charge is 0.294 e. The van der Waals surface area contributed by atoms with Crippen LogP contribution in [0.15, 0.2) is 28.9 Å². The third kappa shape index (κ3) is 3.16. The third-order valence-electron chi connectivity index (χ3n) is 5.56. The molecule has 0 saturated carbocycles. The second kappa shape index (κ2) is 7.08. The molecule has 0 fully saturated rings. The lowest BCUT2D eigenvalue weighted by Crippen LogP contribution is -2.31. The van der Waals surface area contributed by atoms with Gasteiger partial charge in [0.05, 0.1) is 25.0 Å². The van der Waals surface area contributed by atoms with Gasteiger partial charge in [0.15, 0.2) is 0 Å². The van der Waals surface area contributed by atoms with E-state index < -0.39 is 0 Å². The molecule has 4 aromatic heterocycles. The van der Waals surface area contributed by atoms with Gasteiger partial charge in [0.1, 0.15) is 5.76 Å². The number of hydrogen-bond donors (Lipinski definition) is 0. The summed E-state index contributed by atoms with van der Waals surface area (Å²) < 4.78 is 9.04. The van der Waals surface area contributed by atoms with E-state index in [0.29, 0.717) is 24.6 Å². The van der Waals surface area contributed by atoms with Gasteiger partial charge in [-0.15, -0.1) is 5.10 Å². The highest BCUT2D eigenvalue weighted by atomic mass is 16.3. The zero-order valence-corrected chi connectivity index (χ0v) is 17.3. The minimum Gasteiger partial charge on any atom is -0.467 e. The summed E-state index contributed by atoms with van der Waals surface area (Å²) in [5.41, 5.74) is 5.16. The van der Waals surface area contributed by atoms with Crippen molar-refractivity contribution in [2.75, 3.05) is 0 Å². The van der Waals surface area contributed by atoms with Crippen molar-refractivity contribution in [2.24, 2.45) is 7.05 Å². The molecular formula is C21H23N7O2. The van der Waals surface area contributed by atoms with Crippen LogP contribution in [0.3, 0.4) is 0 Å². The van der Waals surface area contributed by atoms with Gasteiger partial charge in [-0.25, -0.2) is 9.50 Å². The first kappa shape index (κ1) is 18.5. The summed E-state index contributed by atoms with van der Waals surface area (Å²) in [5, 5.41) is 9.10. The number of carbonyl (C=O) groups is 1. The lowest BCUT2D eigenvalue weighted by atomic mass is 10.2. The van der Waals surface area contributed by atoms with Gasteiger partial charge in [-0.05, 0) is 56.9 Å². The number of hydrogen-bond acceptors (Lipinski definition) is 6. The molecule has 0 N–H and O–H groups in total. The number of amides is 1. The van der Waals surface area contributed by atoms with Crippen LogP contribution in [0, 0.1) is 13.8 Å². The van der Waals surface area contributed by atoms with Gasteiger partial charge in [0.25, 0.3) is 11.7 Å². The summed E-state index contributed by atoms with van der Waals surface area (Å²) in [6.07, 6.45) is 4.76. The lowest BCUT2D eigenvalue weighted by Gasteiger charge is -2.19. The predicted molar refractivity (Wildman–Crippen MR) is 108 cm³/mol. The molecule has 0 unspecified atom stereocenters. The Hall–Kier alpha value is -3.49. The number of fused-ring (bicyclic) bond motifs is 2. The Kier molecular flexibility index (Phi) is 4.38. The van der Waals surface area contributed by atoms with Crippen LogP contribution in [0.1, 0.15) is 51.1 Å². The molecule has 0 atom stereocenters. The molecule has 5 rings (SSSR count). The molecule has 0 aliphatic heterocycles. The average molecular weight is 405 g/mol. The lowest BCUT2D eigenvalue weighted by molar-refractivity contribution is 0.0702. The van der Waals surface area contributed by atoms with E-state index >= 15 is 0 Å². The Labute approximate surface area is 173 Å². The molecular weight excluding hydrogens is 382 g/mol. The summed E-state index contributed by atoms with van der Waals surface area (Å²) in [6, 6.07) is 5.58. The van der Waals surface area contributed by atoms with Crippen molar-refractivity contribution >= 4 is 11.7 Å². The molecule has 1 amide bonds. The average Bonchev–Trinajstić information content (AvgIpc) is 3.47. The molecule has 0 saturated heterocycles. The number of aryl methyl sites for hydroxylation is 3. The van der Waals surface area contributed by atoms with Crippen LogP contribution < -0.4 is 0 Å². The van der Waals surface area contributed by atoms with Gasteiger partial charge >= 0.3 is 0 Å². The topological polar surface area (TPSA) is 94.4 Å². The number of furan rings is 1. The number of aromatic nitrogens is 6. The highest BCUT2D eigenvalue weighted by Crippen LogP contribution is 2.26. The second-order valence-electron chi connectivity index (χ2n) is 7.78. The van der Waals surface area contributed by atoms with Crippen LogP contribution in [0.25, 0.3) is 5.78 Å². The molecule has 154 valence electrons. The highest BCUT2D eigenvalue weighted by Gasteiger charge is 2.27. The van der Waals surface area contributed by atoms with Gasteiger partial charge in [0, 0.05) is 24.1 Å². The summed E-state index contributed by atoms with van der Waals surface area (Å²) in [7, 11) is 1.97. The van der Waals surface area contributed by atoms with Crippen molar-refractivity contribution in [3.8, 4) is 0 Å². The zero-order valence-electron chi connectivity index (χ0n) is 17.3. The van der Waals surface area contributed by atoms with Crippen molar-refractivity contribution in [3.63, 3.8) is 0 Å². The molecule has 1 aliphatic rings. The number of carbonyl (C=O) groups excluding carboxylic acids is 1. The molecule has 0 aromatic carbocycles. The van der Waals surface area contributed by atoms with Crippen LogP contribution in [0.2, 0.25) is 0 Å². The standard InChI is InChI=1S/C21H23N7O2/c1-13-10-14(2)28-21(22-13)23-19(25-28)20(29)27(11-15-6-5-9-30-15)12-17-16-7-4-8-18(16)26(3)24-17/h5-6,9-10H,4,7-8,11-12H2,1-3H3. The predicted octanol–water partition coefficient (Wildman–Crippen LogP) is 2.40. The molecule has 0 bridgehead atoms. The summed E-state index contributed by atoms with van der Waals surface area (Å²) in [6.45, 7) is 4.51. The molecule has 0 spiro atoms.